The van der Waals surface area contributed by atoms with E-state index >= 15 is 0 Å². The van der Waals surface area contributed by atoms with Crippen LogP contribution in [0.5, 0.6) is 0 Å². The van der Waals surface area contributed by atoms with E-state index in [1.54, 1.807) is 0 Å². The van der Waals surface area contributed by atoms with Crippen molar-refractivity contribution in [1.29, 1.82) is 0 Å². The van der Waals surface area contributed by atoms with Crippen molar-refractivity contribution in [3.8, 4) is 0 Å². The van der Waals surface area contributed by atoms with Crippen molar-refractivity contribution in [3.05, 3.63) is 60.6 Å². The molecular formula is C19H22N8. The first-order valence-corrected chi connectivity index (χ1v) is 8.97. The Morgan fingerprint density at radius 3 is 2.41 bits per heavy atom. The fraction of sp³-hybridized carbons (Fsp3) is 0.263. The van der Waals surface area contributed by atoms with Crippen LogP contribution in [0, 0.1) is 0 Å². The summed E-state index contributed by atoms with van der Waals surface area (Å²) in [5, 5.41) is 3.17. The smallest absolute Gasteiger partial charge is 0.232 e. The molecule has 3 N–H and O–H groups in total. The van der Waals surface area contributed by atoms with Gasteiger partial charge in [0.1, 0.15) is 11.6 Å². The van der Waals surface area contributed by atoms with Crippen molar-refractivity contribution in [2.75, 3.05) is 42.1 Å². The summed E-state index contributed by atoms with van der Waals surface area (Å²) in [4.78, 5) is 22.0. The van der Waals surface area contributed by atoms with E-state index < -0.39 is 0 Å². The van der Waals surface area contributed by atoms with Crippen LogP contribution in [-0.2, 0) is 6.54 Å². The van der Waals surface area contributed by atoms with Gasteiger partial charge >= 0.3 is 0 Å². The number of anilines is 4. The first kappa shape index (κ1) is 17.2. The highest BCUT2D eigenvalue weighted by molar-refractivity contribution is 5.53. The Kier molecular flexibility index (Phi) is 5.06. The molecule has 0 bridgehead atoms. The summed E-state index contributed by atoms with van der Waals surface area (Å²) in [5.41, 5.74) is 6.79. The molecule has 0 radical (unpaired) electrons. The van der Waals surface area contributed by atoms with E-state index in [1.807, 2.05) is 54.7 Å². The monoisotopic (exact) mass is 362 g/mol. The standard InChI is InChI=1S/C19H22N8/c20-18-23-16(24-19(25-18)22-15-6-2-1-3-7-15)14-26-10-12-27(13-11-26)17-8-4-5-9-21-17/h1-9H,10-14H2,(H3,20,22,23,24,25). The van der Waals surface area contributed by atoms with Crippen molar-refractivity contribution in [3.63, 3.8) is 0 Å². The highest BCUT2D eigenvalue weighted by Crippen LogP contribution is 2.16. The Balaban J connectivity index is 1.38. The number of piperazine rings is 1. The van der Waals surface area contributed by atoms with Gasteiger partial charge in [-0.3, -0.25) is 4.90 Å². The van der Waals surface area contributed by atoms with E-state index in [0.29, 0.717) is 18.3 Å². The fourth-order valence-corrected chi connectivity index (χ4v) is 3.09. The van der Waals surface area contributed by atoms with Crippen LogP contribution in [0.1, 0.15) is 5.82 Å². The average molecular weight is 362 g/mol. The van der Waals surface area contributed by atoms with Crippen molar-refractivity contribution in [2.45, 2.75) is 6.54 Å². The number of benzene rings is 1. The topological polar surface area (TPSA) is 96.1 Å². The van der Waals surface area contributed by atoms with Gasteiger partial charge in [-0.05, 0) is 24.3 Å². The minimum absolute atomic E-state index is 0.227. The molecule has 0 atom stereocenters. The zero-order valence-corrected chi connectivity index (χ0v) is 15.0. The van der Waals surface area contributed by atoms with Crippen LogP contribution in [0.4, 0.5) is 23.4 Å². The molecule has 1 saturated heterocycles. The number of pyridine rings is 1. The number of para-hydroxylation sites is 1. The maximum atomic E-state index is 5.88. The predicted octanol–water partition coefficient (Wildman–Crippen LogP) is 1.91. The number of hydrogen-bond acceptors (Lipinski definition) is 8. The Hall–Kier alpha value is -3.26. The van der Waals surface area contributed by atoms with Gasteiger partial charge in [0.2, 0.25) is 11.9 Å². The normalized spacial score (nSPS) is 14.9. The van der Waals surface area contributed by atoms with Gasteiger partial charge in [0.05, 0.1) is 6.54 Å². The lowest BCUT2D eigenvalue weighted by atomic mass is 10.3. The lowest BCUT2D eigenvalue weighted by Crippen LogP contribution is -2.46. The number of aromatic nitrogens is 4. The molecule has 8 nitrogen and oxygen atoms in total. The quantitative estimate of drug-likeness (QED) is 0.711. The molecule has 0 aliphatic carbocycles. The van der Waals surface area contributed by atoms with Gasteiger partial charge in [0.25, 0.3) is 0 Å². The second-order valence-corrected chi connectivity index (χ2v) is 6.38. The first-order valence-electron chi connectivity index (χ1n) is 8.97. The molecule has 0 spiro atoms. The maximum absolute atomic E-state index is 5.88. The zero-order valence-electron chi connectivity index (χ0n) is 15.0. The first-order chi connectivity index (χ1) is 13.3. The number of nitrogens with two attached hydrogens (primary N) is 1. The average Bonchev–Trinajstić information content (AvgIpc) is 2.70. The summed E-state index contributed by atoms with van der Waals surface area (Å²) in [6.45, 7) is 4.33. The number of rotatable bonds is 5. The van der Waals surface area contributed by atoms with Gasteiger partial charge in [-0.2, -0.15) is 15.0 Å². The highest BCUT2D eigenvalue weighted by Gasteiger charge is 2.19. The summed E-state index contributed by atoms with van der Waals surface area (Å²) in [5.74, 6) is 2.39. The molecule has 1 aromatic carbocycles. The summed E-state index contributed by atoms with van der Waals surface area (Å²) in [7, 11) is 0. The Morgan fingerprint density at radius 2 is 1.67 bits per heavy atom. The highest BCUT2D eigenvalue weighted by atomic mass is 15.3. The molecule has 138 valence electrons. The molecule has 0 saturated carbocycles. The Labute approximate surface area is 158 Å². The molecule has 1 aliphatic heterocycles. The Morgan fingerprint density at radius 1 is 0.889 bits per heavy atom. The number of nitrogen functional groups attached to an aromatic ring is 1. The van der Waals surface area contributed by atoms with Crippen LogP contribution in [0.3, 0.4) is 0 Å². The number of hydrogen-bond donors (Lipinski definition) is 2. The molecule has 3 heterocycles. The van der Waals surface area contributed by atoms with Gasteiger partial charge in [-0.15, -0.1) is 0 Å². The third kappa shape index (κ3) is 4.48. The van der Waals surface area contributed by atoms with Gasteiger partial charge in [0.15, 0.2) is 0 Å². The molecule has 4 rings (SSSR count). The second-order valence-electron chi connectivity index (χ2n) is 6.38. The fourth-order valence-electron chi connectivity index (χ4n) is 3.09. The minimum atomic E-state index is 0.227. The van der Waals surface area contributed by atoms with E-state index in [-0.39, 0.29) is 5.95 Å². The van der Waals surface area contributed by atoms with E-state index in [4.69, 9.17) is 5.73 Å². The SMILES string of the molecule is Nc1nc(CN2CCN(c3ccccn3)CC2)nc(Nc2ccccc2)n1. The molecule has 3 aromatic rings. The molecule has 0 unspecified atom stereocenters. The van der Waals surface area contributed by atoms with Gasteiger partial charge in [0, 0.05) is 38.1 Å². The van der Waals surface area contributed by atoms with E-state index in [0.717, 1.165) is 37.7 Å². The molecule has 8 heteroatoms. The predicted molar refractivity (Wildman–Crippen MR) is 106 cm³/mol. The van der Waals surface area contributed by atoms with Crippen molar-refractivity contribution < 1.29 is 0 Å². The number of nitrogens with one attached hydrogen (secondary N) is 1. The molecule has 2 aromatic heterocycles. The molecule has 1 aliphatic rings. The summed E-state index contributed by atoms with van der Waals surface area (Å²) >= 11 is 0. The second kappa shape index (κ2) is 7.96. The molecular weight excluding hydrogens is 340 g/mol. The third-order valence-electron chi connectivity index (χ3n) is 4.44. The lowest BCUT2D eigenvalue weighted by molar-refractivity contribution is 0.243. The summed E-state index contributed by atoms with van der Waals surface area (Å²) in [6.07, 6.45) is 1.83. The van der Waals surface area contributed by atoms with Crippen LogP contribution < -0.4 is 16.0 Å². The van der Waals surface area contributed by atoms with E-state index in [9.17, 15) is 0 Å². The van der Waals surface area contributed by atoms with Crippen LogP contribution in [0.15, 0.2) is 54.7 Å². The van der Waals surface area contributed by atoms with E-state index in [2.05, 4.69) is 35.1 Å². The van der Waals surface area contributed by atoms with Gasteiger partial charge < -0.3 is 16.0 Å². The van der Waals surface area contributed by atoms with Gasteiger partial charge in [-0.1, -0.05) is 24.3 Å². The minimum Gasteiger partial charge on any atom is -0.368 e. The summed E-state index contributed by atoms with van der Waals surface area (Å²) in [6, 6.07) is 15.8. The maximum Gasteiger partial charge on any atom is 0.232 e. The van der Waals surface area contributed by atoms with Crippen LogP contribution in [-0.4, -0.2) is 51.0 Å². The van der Waals surface area contributed by atoms with Gasteiger partial charge in [-0.25, -0.2) is 4.98 Å². The van der Waals surface area contributed by atoms with Crippen LogP contribution >= 0.6 is 0 Å². The number of nitrogens with zero attached hydrogens (tertiary/aromatic N) is 6. The van der Waals surface area contributed by atoms with Crippen molar-refractivity contribution in [2.24, 2.45) is 0 Å². The van der Waals surface area contributed by atoms with Crippen LogP contribution in [0.2, 0.25) is 0 Å². The van der Waals surface area contributed by atoms with E-state index in [1.165, 1.54) is 0 Å². The van der Waals surface area contributed by atoms with Crippen LogP contribution in [0.25, 0.3) is 0 Å². The van der Waals surface area contributed by atoms with Crippen molar-refractivity contribution in [1.82, 2.24) is 24.8 Å². The summed E-state index contributed by atoms with van der Waals surface area (Å²) < 4.78 is 0. The molecule has 27 heavy (non-hydrogen) atoms. The zero-order chi connectivity index (χ0) is 18.5. The van der Waals surface area contributed by atoms with Crippen molar-refractivity contribution >= 4 is 23.4 Å². The molecule has 1 fully saturated rings. The largest absolute Gasteiger partial charge is 0.368 e. The third-order valence-corrected chi connectivity index (χ3v) is 4.44. The molecule has 0 amide bonds. The lowest BCUT2D eigenvalue weighted by Gasteiger charge is -2.34. The Bertz CT molecular complexity index is 863.